The van der Waals surface area contributed by atoms with Gasteiger partial charge in [0.15, 0.2) is 0 Å². The van der Waals surface area contributed by atoms with Crippen LogP contribution in [0.2, 0.25) is 0 Å². The molecule has 0 aliphatic carbocycles. The normalized spacial score (nSPS) is 10.2. The van der Waals surface area contributed by atoms with Gasteiger partial charge in [-0.3, -0.25) is 4.79 Å². The lowest BCUT2D eigenvalue weighted by Crippen LogP contribution is -2.26. The predicted molar refractivity (Wildman–Crippen MR) is 64.3 cm³/mol. The number of aliphatic hydroxyl groups excluding tert-OH is 1. The van der Waals surface area contributed by atoms with Crippen molar-refractivity contribution in [1.82, 2.24) is 5.32 Å². The van der Waals surface area contributed by atoms with E-state index >= 15 is 0 Å². The molecule has 0 aromatic heterocycles. The number of aliphatic hydroxyl groups is 1. The lowest BCUT2D eigenvalue weighted by atomic mass is 10.0. The molecule has 16 heavy (non-hydrogen) atoms. The van der Waals surface area contributed by atoms with Gasteiger partial charge in [0, 0.05) is 13.0 Å². The Labute approximate surface area is 96.5 Å². The summed E-state index contributed by atoms with van der Waals surface area (Å²) in [5.41, 5.74) is 3.76. The van der Waals surface area contributed by atoms with Crippen molar-refractivity contribution in [3.05, 3.63) is 34.9 Å². The Kier molecular flexibility index (Phi) is 4.99. The van der Waals surface area contributed by atoms with Crippen molar-refractivity contribution < 1.29 is 9.90 Å². The first-order valence-electron chi connectivity index (χ1n) is 5.57. The van der Waals surface area contributed by atoms with E-state index in [1.54, 1.807) is 0 Å². The molecule has 3 heteroatoms. The molecular formula is C13H19NO2. The molecule has 2 N–H and O–H groups in total. The Bertz CT molecular complexity index is 361. The molecule has 0 aliphatic rings. The predicted octanol–water partition coefficient (Wildman–Crippen LogP) is 1.34. The van der Waals surface area contributed by atoms with E-state index in [9.17, 15) is 4.79 Å². The minimum Gasteiger partial charge on any atom is -0.396 e. The number of nitrogens with one attached hydrogen (secondary N) is 1. The van der Waals surface area contributed by atoms with E-state index in [4.69, 9.17) is 5.11 Å². The summed E-state index contributed by atoms with van der Waals surface area (Å²) in [4.78, 5) is 11.1. The molecule has 1 rings (SSSR count). The van der Waals surface area contributed by atoms with Gasteiger partial charge in [-0.1, -0.05) is 23.8 Å². The molecule has 1 aromatic carbocycles. The first kappa shape index (κ1) is 12.7. The summed E-state index contributed by atoms with van der Waals surface area (Å²) < 4.78 is 0. The summed E-state index contributed by atoms with van der Waals surface area (Å²) >= 11 is 0. The van der Waals surface area contributed by atoms with Crippen LogP contribution in [0.1, 0.15) is 23.1 Å². The van der Waals surface area contributed by atoms with Gasteiger partial charge in [0.2, 0.25) is 5.91 Å². The molecule has 0 unspecified atom stereocenters. The van der Waals surface area contributed by atoms with Crippen molar-refractivity contribution in [2.45, 2.75) is 26.7 Å². The molecule has 3 nitrogen and oxygen atoms in total. The van der Waals surface area contributed by atoms with Crippen molar-refractivity contribution in [3.63, 3.8) is 0 Å². The van der Waals surface area contributed by atoms with Crippen molar-refractivity contribution in [3.8, 4) is 0 Å². The van der Waals surface area contributed by atoms with E-state index in [2.05, 4.69) is 37.4 Å². The third-order valence-electron chi connectivity index (χ3n) is 2.56. The number of hydrogen-bond acceptors (Lipinski definition) is 2. The standard InChI is InChI=1S/C13H19NO2/c1-10-3-4-11(2)12(9-10)5-7-14-13(16)6-8-15/h3-4,9,15H,5-8H2,1-2H3,(H,14,16). The maximum absolute atomic E-state index is 11.1. The molecule has 0 radical (unpaired) electrons. The summed E-state index contributed by atoms with van der Waals surface area (Å²) in [5, 5.41) is 11.4. The van der Waals surface area contributed by atoms with Gasteiger partial charge in [0.05, 0.1) is 6.61 Å². The molecule has 0 fully saturated rings. The minimum atomic E-state index is -0.0900. The zero-order valence-electron chi connectivity index (χ0n) is 9.92. The second-order valence-electron chi connectivity index (χ2n) is 4.00. The van der Waals surface area contributed by atoms with Crippen LogP contribution >= 0.6 is 0 Å². The van der Waals surface area contributed by atoms with E-state index in [0.717, 1.165) is 6.42 Å². The van der Waals surface area contributed by atoms with Crippen molar-refractivity contribution in [2.75, 3.05) is 13.2 Å². The van der Waals surface area contributed by atoms with E-state index < -0.39 is 0 Å². The lowest BCUT2D eigenvalue weighted by Gasteiger charge is -2.08. The van der Waals surface area contributed by atoms with E-state index in [-0.39, 0.29) is 18.9 Å². The van der Waals surface area contributed by atoms with Gasteiger partial charge in [-0.05, 0) is 31.4 Å². The Morgan fingerprint density at radius 2 is 2.12 bits per heavy atom. The summed E-state index contributed by atoms with van der Waals surface area (Å²) in [6.45, 7) is 4.68. The zero-order chi connectivity index (χ0) is 12.0. The van der Waals surface area contributed by atoms with Crippen molar-refractivity contribution >= 4 is 5.91 Å². The van der Waals surface area contributed by atoms with E-state index in [1.165, 1.54) is 16.7 Å². The van der Waals surface area contributed by atoms with Gasteiger partial charge in [-0.15, -0.1) is 0 Å². The number of amides is 1. The molecule has 0 spiro atoms. The molecular weight excluding hydrogens is 202 g/mol. The summed E-state index contributed by atoms with van der Waals surface area (Å²) in [5.74, 6) is -0.0900. The molecule has 1 aromatic rings. The summed E-state index contributed by atoms with van der Waals surface area (Å²) in [7, 11) is 0. The van der Waals surface area contributed by atoms with Gasteiger partial charge in [0.25, 0.3) is 0 Å². The molecule has 0 aliphatic heterocycles. The number of benzene rings is 1. The average Bonchev–Trinajstić information content (AvgIpc) is 2.23. The van der Waals surface area contributed by atoms with Crippen molar-refractivity contribution in [1.29, 1.82) is 0 Å². The molecule has 0 bridgehead atoms. The van der Waals surface area contributed by atoms with Crippen LogP contribution in [0.25, 0.3) is 0 Å². The second-order valence-corrected chi connectivity index (χ2v) is 4.00. The first-order valence-corrected chi connectivity index (χ1v) is 5.57. The van der Waals surface area contributed by atoms with Crippen LogP contribution < -0.4 is 5.32 Å². The van der Waals surface area contributed by atoms with Crippen LogP contribution in [0.15, 0.2) is 18.2 Å². The number of carbonyl (C=O) groups excluding carboxylic acids is 1. The fourth-order valence-electron chi connectivity index (χ4n) is 1.60. The highest BCUT2D eigenvalue weighted by Crippen LogP contribution is 2.10. The molecule has 88 valence electrons. The third kappa shape index (κ3) is 4.03. The highest BCUT2D eigenvalue weighted by molar-refractivity contribution is 5.75. The van der Waals surface area contributed by atoms with Crippen LogP contribution in [0.4, 0.5) is 0 Å². The molecule has 0 heterocycles. The maximum atomic E-state index is 11.1. The van der Waals surface area contributed by atoms with E-state index in [0.29, 0.717) is 6.54 Å². The average molecular weight is 221 g/mol. The Balaban J connectivity index is 2.42. The zero-order valence-corrected chi connectivity index (χ0v) is 9.92. The number of carbonyl (C=O) groups is 1. The van der Waals surface area contributed by atoms with Gasteiger partial charge < -0.3 is 10.4 Å². The number of hydrogen-bond donors (Lipinski definition) is 2. The quantitative estimate of drug-likeness (QED) is 0.788. The van der Waals surface area contributed by atoms with Crippen LogP contribution in [0.3, 0.4) is 0 Å². The SMILES string of the molecule is Cc1ccc(C)c(CCNC(=O)CCO)c1. The smallest absolute Gasteiger partial charge is 0.222 e. The van der Waals surface area contributed by atoms with Crippen LogP contribution in [0, 0.1) is 13.8 Å². The maximum Gasteiger partial charge on any atom is 0.222 e. The summed E-state index contributed by atoms with van der Waals surface area (Å²) in [6, 6.07) is 6.33. The van der Waals surface area contributed by atoms with Gasteiger partial charge in [0.1, 0.15) is 0 Å². The fourth-order valence-corrected chi connectivity index (χ4v) is 1.60. The lowest BCUT2D eigenvalue weighted by molar-refractivity contribution is -0.121. The second kappa shape index (κ2) is 6.28. The van der Waals surface area contributed by atoms with Gasteiger partial charge in [-0.25, -0.2) is 0 Å². The fraction of sp³-hybridized carbons (Fsp3) is 0.462. The first-order chi connectivity index (χ1) is 7.63. The monoisotopic (exact) mass is 221 g/mol. The third-order valence-corrected chi connectivity index (χ3v) is 2.56. The topological polar surface area (TPSA) is 49.3 Å². The van der Waals surface area contributed by atoms with Crippen LogP contribution in [-0.2, 0) is 11.2 Å². The number of rotatable bonds is 5. The Morgan fingerprint density at radius 3 is 2.81 bits per heavy atom. The molecule has 0 atom stereocenters. The molecule has 0 saturated carbocycles. The molecule has 1 amide bonds. The van der Waals surface area contributed by atoms with Crippen molar-refractivity contribution in [2.24, 2.45) is 0 Å². The van der Waals surface area contributed by atoms with Crippen LogP contribution in [-0.4, -0.2) is 24.2 Å². The van der Waals surface area contributed by atoms with Crippen LogP contribution in [0.5, 0.6) is 0 Å². The Morgan fingerprint density at radius 1 is 1.38 bits per heavy atom. The molecule has 0 saturated heterocycles. The van der Waals surface area contributed by atoms with Gasteiger partial charge >= 0.3 is 0 Å². The van der Waals surface area contributed by atoms with Gasteiger partial charge in [-0.2, -0.15) is 0 Å². The van der Waals surface area contributed by atoms with E-state index in [1.807, 2.05) is 0 Å². The summed E-state index contributed by atoms with van der Waals surface area (Å²) in [6.07, 6.45) is 1.03. The number of aryl methyl sites for hydroxylation is 2. The minimum absolute atomic E-state index is 0.0880. The highest BCUT2D eigenvalue weighted by atomic mass is 16.3. The largest absolute Gasteiger partial charge is 0.396 e. The highest BCUT2D eigenvalue weighted by Gasteiger charge is 2.01. The Hall–Kier alpha value is -1.35.